The van der Waals surface area contributed by atoms with Gasteiger partial charge in [-0.25, -0.2) is 0 Å². The Morgan fingerprint density at radius 1 is 1.30 bits per heavy atom. The van der Waals surface area contributed by atoms with Gasteiger partial charge in [-0.05, 0) is 35.4 Å². The lowest BCUT2D eigenvalue weighted by molar-refractivity contribution is -0.147. The fourth-order valence-corrected chi connectivity index (χ4v) is 2.54. The van der Waals surface area contributed by atoms with Crippen molar-refractivity contribution in [3.8, 4) is 5.75 Å². The van der Waals surface area contributed by atoms with Gasteiger partial charge in [0.2, 0.25) is 0 Å². The van der Waals surface area contributed by atoms with E-state index in [1.807, 2.05) is 4.90 Å². The van der Waals surface area contributed by atoms with E-state index in [0.717, 1.165) is 18.7 Å². The highest BCUT2D eigenvalue weighted by Crippen LogP contribution is 2.35. The first kappa shape index (κ1) is 14.9. The Morgan fingerprint density at radius 3 is 2.30 bits per heavy atom. The third kappa shape index (κ3) is 3.31. The second-order valence-corrected chi connectivity index (χ2v) is 6.74. The van der Waals surface area contributed by atoms with Gasteiger partial charge in [-0.1, -0.05) is 32.9 Å². The molecule has 2 rings (SSSR count). The number of carboxylic acids is 1. The predicted octanol–water partition coefficient (Wildman–Crippen LogP) is 2.37. The minimum atomic E-state index is -0.773. The number of likely N-dealkylation sites (tertiary alicyclic amines) is 1. The van der Waals surface area contributed by atoms with Gasteiger partial charge in [0.1, 0.15) is 11.8 Å². The van der Waals surface area contributed by atoms with Crippen LogP contribution in [0.5, 0.6) is 5.75 Å². The monoisotopic (exact) mass is 277 g/mol. The van der Waals surface area contributed by atoms with Crippen LogP contribution >= 0.6 is 0 Å². The van der Waals surface area contributed by atoms with E-state index in [-0.39, 0.29) is 11.2 Å². The van der Waals surface area contributed by atoms with Crippen LogP contribution in [0.1, 0.15) is 26.3 Å². The summed E-state index contributed by atoms with van der Waals surface area (Å²) in [4.78, 5) is 13.5. The fraction of sp³-hybridized carbons (Fsp3) is 0.562. The zero-order chi connectivity index (χ0) is 14.9. The standard InChI is InChI=1S/C16H23NO3/c1-16(2,3)12-9-17(10-12)14(15(19)20)8-11-4-6-13(18)7-5-11/h4-7,12,14,18H,8-10H2,1-3H3,(H,19,20). The van der Waals surface area contributed by atoms with Crippen molar-refractivity contribution in [2.45, 2.75) is 33.2 Å². The molecule has 0 aromatic heterocycles. The molecule has 1 aromatic rings. The first-order valence-corrected chi connectivity index (χ1v) is 7.02. The lowest BCUT2D eigenvalue weighted by atomic mass is 9.75. The molecule has 0 aliphatic carbocycles. The molecule has 1 heterocycles. The second kappa shape index (κ2) is 5.44. The molecule has 0 spiro atoms. The van der Waals surface area contributed by atoms with Gasteiger partial charge in [0.15, 0.2) is 0 Å². The Kier molecular flexibility index (Phi) is 4.04. The van der Waals surface area contributed by atoms with Crippen molar-refractivity contribution in [3.63, 3.8) is 0 Å². The molecule has 1 saturated heterocycles. The van der Waals surface area contributed by atoms with Gasteiger partial charge in [0, 0.05) is 13.1 Å². The average Bonchev–Trinajstić information content (AvgIpc) is 2.26. The molecule has 20 heavy (non-hydrogen) atoms. The number of aliphatic carboxylic acids is 1. The van der Waals surface area contributed by atoms with Gasteiger partial charge >= 0.3 is 5.97 Å². The zero-order valence-electron chi connectivity index (χ0n) is 12.3. The van der Waals surface area contributed by atoms with E-state index in [1.54, 1.807) is 24.3 Å². The minimum absolute atomic E-state index is 0.206. The summed E-state index contributed by atoms with van der Waals surface area (Å²) in [6.45, 7) is 8.29. The van der Waals surface area contributed by atoms with Gasteiger partial charge in [-0.2, -0.15) is 0 Å². The molecule has 1 atom stereocenters. The third-order valence-corrected chi connectivity index (χ3v) is 4.23. The van der Waals surface area contributed by atoms with Crippen molar-refractivity contribution in [3.05, 3.63) is 29.8 Å². The van der Waals surface area contributed by atoms with Gasteiger partial charge in [0.05, 0.1) is 0 Å². The maximum absolute atomic E-state index is 11.5. The fourth-order valence-electron chi connectivity index (χ4n) is 2.54. The van der Waals surface area contributed by atoms with Crippen molar-refractivity contribution in [1.29, 1.82) is 0 Å². The number of phenolic OH excluding ortho intramolecular Hbond substituents is 1. The summed E-state index contributed by atoms with van der Waals surface area (Å²) in [6.07, 6.45) is 0.479. The van der Waals surface area contributed by atoms with Gasteiger partial charge in [0.25, 0.3) is 0 Å². The number of hydrogen-bond acceptors (Lipinski definition) is 3. The van der Waals surface area contributed by atoms with Crippen LogP contribution in [0.4, 0.5) is 0 Å². The molecule has 2 N–H and O–H groups in total. The lowest BCUT2D eigenvalue weighted by Gasteiger charge is -2.48. The highest BCUT2D eigenvalue weighted by atomic mass is 16.4. The Bertz CT molecular complexity index is 469. The summed E-state index contributed by atoms with van der Waals surface area (Å²) in [5.41, 5.74) is 1.17. The number of rotatable bonds is 4. The van der Waals surface area contributed by atoms with Crippen LogP contribution in [-0.2, 0) is 11.2 Å². The molecule has 1 aromatic carbocycles. The average molecular weight is 277 g/mol. The number of phenols is 1. The summed E-state index contributed by atoms with van der Waals surface area (Å²) >= 11 is 0. The van der Waals surface area contributed by atoms with Crippen LogP contribution in [0, 0.1) is 11.3 Å². The van der Waals surface area contributed by atoms with Crippen LogP contribution < -0.4 is 0 Å². The van der Waals surface area contributed by atoms with Crippen molar-refractivity contribution in [1.82, 2.24) is 4.90 Å². The molecule has 1 fully saturated rings. The molecule has 0 amide bonds. The van der Waals surface area contributed by atoms with E-state index in [0.29, 0.717) is 12.3 Å². The topological polar surface area (TPSA) is 60.8 Å². The summed E-state index contributed by atoms with van der Waals surface area (Å²) < 4.78 is 0. The third-order valence-electron chi connectivity index (χ3n) is 4.23. The Morgan fingerprint density at radius 2 is 1.85 bits per heavy atom. The molecule has 0 saturated carbocycles. The molecule has 0 bridgehead atoms. The van der Waals surface area contributed by atoms with Crippen LogP contribution in [0.25, 0.3) is 0 Å². The van der Waals surface area contributed by atoms with Crippen molar-refractivity contribution < 1.29 is 15.0 Å². The second-order valence-electron chi connectivity index (χ2n) is 6.74. The molecular formula is C16H23NO3. The van der Waals surface area contributed by atoms with E-state index in [4.69, 9.17) is 0 Å². The Labute approximate surface area is 120 Å². The van der Waals surface area contributed by atoms with E-state index >= 15 is 0 Å². The predicted molar refractivity (Wildman–Crippen MR) is 77.8 cm³/mol. The van der Waals surface area contributed by atoms with Crippen LogP contribution in [-0.4, -0.2) is 40.2 Å². The highest BCUT2D eigenvalue weighted by molar-refractivity contribution is 5.74. The number of aromatic hydroxyl groups is 1. The highest BCUT2D eigenvalue weighted by Gasteiger charge is 2.41. The van der Waals surface area contributed by atoms with Crippen molar-refractivity contribution in [2.75, 3.05) is 13.1 Å². The van der Waals surface area contributed by atoms with Crippen molar-refractivity contribution in [2.24, 2.45) is 11.3 Å². The maximum atomic E-state index is 11.5. The molecule has 4 heteroatoms. The summed E-state index contributed by atoms with van der Waals surface area (Å²) in [7, 11) is 0. The van der Waals surface area contributed by atoms with Gasteiger partial charge in [-0.3, -0.25) is 9.69 Å². The summed E-state index contributed by atoms with van der Waals surface area (Å²) in [6, 6.07) is 6.29. The Hall–Kier alpha value is -1.55. The van der Waals surface area contributed by atoms with E-state index in [9.17, 15) is 15.0 Å². The zero-order valence-corrected chi connectivity index (χ0v) is 12.3. The van der Waals surface area contributed by atoms with Crippen LogP contribution in [0.2, 0.25) is 0 Å². The molecule has 1 aliphatic heterocycles. The van der Waals surface area contributed by atoms with Crippen LogP contribution in [0.15, 0.2) is 24.3 Å². The first-order chi connectivity index (χ1) is 9.27. The first-order valence-electron chi connectivity index (χ1n) is 7.02. The maximum Gasteiger partial charge on any atom is 0.321 e. The largest absolute Gasteiger partial charge is 0.508 e. The summed E-state index contributed by atoms with van der Waals surface area (Å²) in [5.74, 6) is -0.00743. The number of nitrogens with zero attached hydrogens (tertiary/aromatic N) is 1. The molecular weight excluding hydrogens is 254 g/mol. The van der Waals surface area contributed by atoms with Gasteiger partial charge in [-0.15, -0.1) is 0 Å². The quantitative estimate of drug-likeness (QED) is 0.887. The van der Waals surface area contributed by atoms with Crippen molar-refractivity contribution >= 4 is 5.97 Å². The number of hydrogen-bond donors (Lipinski definition) is 2. The van der Waals surface area contributed by atoms with Gasteiger partial charge < -0.3 is 10.2 Å². The molecule has 1 unspecified atom stereocenters. The van der Waals surface area contributed by atoms with E-state index < -0.39 is 12.0 Å². The smallest absolute Gasteiger partial charge is 0.321 e. The van der Waals surface area contributed by atoms with E-state index in [1.165, 1.54) is 0 Å². The number of carbonyl (C=O) groups is 1. The summed E-state index contributed by atoms with van der Waals surface area (Å²) in [5, 5.41) is 18.7. The molecule has 1 aliphatic rings. The lowest BCUT2D eigenvalue weighted by Crippen LogP contribution is -2.58. The van der Waals surface area contributed by atoms with E-state index in [2.05, 4.69) is 20.8 Å². The minimum Gasteiger partial charge on any atom is -0.508 e. The SMILES string of the molecule is CC(C)(C)C1CN(C(Cc2ccc(O)cc2)C(=O)O)C1. The molecule has 0 radical (unpaired) electrons. The number of benzene rings is 1. The Balaban J connectivity index is 1.99. The van der Waals surface area contributed by atoms with Crippen LogP contribution in [0.3, 0.4) is 0 Å². The molecule has 4 nitrogen and oxygen atoms in total. The molecule has 110 valence electrons. The normalized spacial score (nSPS) is 18.6. The number of carboxylic acid groups (broad SMARTS) is 1.